The Hall–Kier alpha value is -2.57. The van der Waals surface area contributed by atoms with Crippen molar-refractivity contribution in [2.75, 3.05) is 11.9 Å². The number of amides is 1. The van der Waals surface area contributed by atoms with Crippen molar-refractivity contribution in [3.63, 3.8) is 0 Å². The highest BCUT2D eigenvalue weighted by Crippen LogP contribution is 2.26. The van der Waals surface area contributed by atoms with Crippen molar-refractivity contribution in [1.82, 2.24) is 4.57 Å². The highest BCUT2D eigenvalue weighted by Gasteiger charge is 2.19. The highest BCUT2D eigenvalue weighted by atomic mass is 35.5. The molecule has 0 bridgehead atoms. The number of carbonyl (C=O) groups is 2. The summed E-state index contributed by atoms with van der Waals surface area (Å²) >= 11 is 7.44. The van der Waals surface area contributed by atoms with Gasteiger partial charge in [-0.1, -0.05) is 23.7 Å². The average Bonchev–Trinajstić information content (AvgIpc) is 3.21. The second-order valence-electron chi connectivity index (χ2n) is 5.70. The SMILES string of the molecule is Cc1ccc(C)n1-c1sccc1C(=O)OCC(=O)Nc1ccccc1Cl. The van der Waals surface area contributed by atoms with E-state index < -0.39 is 11.9 Å². The highest BCUT2D eigenvalue weighted by molar-refractivity contribution is 7.13. The first-order valence-electron chi connectivity index (χ1n) is 7.91. The fourth-order valence-corrected chi connectivity index (χ4v) is 3.76. The predicted octanol–water partition coefficient (Wildman–Crippen LogP) is 4.60. The summed E-state index contributed by atoms with van der Waals surface area (Å²) in [5, 5.41) is 5.65. The van der Waals surface area contributed by atoms with Crippen molar-refractivity contribution in [3.8, 4) is 5.00 Å². The summed E-state index contributed by atoms with van der Waals surface area (Å²) in [5.74, 6) is -0.986. The number of thiophene rings is 1. The summed E-state index contributed by atoms with van der Waals surface area (Å²) in [5.41, 5.74) is 2.96. The van der Waals surface area contributed by atoms with E-state index in [1.807, 2.05) is 35.9 Å². The van der Waals surface area contributed by atoms with E-state index >= 15 is 0 Å². The van der Waals surface area contributed by atoms with Crippen molar-refractivity contribution in [2.24, 2.45) is 0 Å². The van der Waals surface area contributed by atoms with E-state index in [9.17, 15) is 9.59 Å². The van der Waals surface area contributed by atoms with Crippen molar-refractivity contribution < 1.29 is 14.3 Å². The van der Waals surface area contributed by atoms with Gasteiger partial charge in [0.1, 0.15) is 5.00 Å². The Balaban J connectivity index is 1.67. The van der Waals surface area contributed by atoms with E-state index in [1.54, 1.807) is 30.3 Å². The maximum atomic E-state index is 12.4. The summed E-state index contributed by atoms with van der Waals surface area (Å²) in [6, 6.07) is 12.5. The number of nitrogens with one attached hydrogen (secondary N) is 1. The topological polar surface area (TPSA) is 60.3 Å². The minimum atomic E-state index is -0.539. The lowest BCUT2D eigenvalue weighted by molar-refractivity contribution is -0.119. The van der Waals surface area contributed by atoms with Crippen LogP contribution in [0, 0.1) is 13.8 Å². The summed E-state index contributed by atoms with van der Waals surface area (Å²) < 4.78 is 7.17. The zero-order chi connectivity index (χ0) is 18.7. The number of esters is 1. The van der Waals surface area contributed by atoms with Gasteiger partial charge in [0.25, 0.3) is 5.91 Å². The molecule has 2 heterocycles. The first-order valence-corrected chi connectivity index (χ1v) is 9.17. The molecule has 7 heteroatoms. The zero-order valence-electron chi connectivity index (χ0n) is 14.3. The van der Waals surface area contributed by atoms with Crippen LogP contribution in [0.4, 0.5) is 5.69 Å². The Morgan fingerprint density at radius 3 is 2.50 bits per heavy atom. The number of ether oxygens (including phenoxy) is 1. The largest absolute Gasteiger partial charge is 0.452 e. The van der Waals surface area contributed by atoms with Crippen molar-refractivity contribution in [3.05, 3.63) is 69.8 Å². The van der Waals surface area contributed by atoms with Crippen LogP contribution in [0.25, 0.3) is 5.00 Å². The van der Waals surface area contributed by atoms with Gasteiger partial charge in [-0.25, -0.2) is 4.79 Å². The molecular formula is C19H17ClN2O3S. The number of nitrogens with zero attached hydrogens (tertiary/aromatic N) is 1. The van der Waals surface area contributed by atoms with E-state index in [0.717, 1.165) is 16.4 Å². The molecule has 0 saturated heterocycles. The number of hydrogen-bond acceptors (Lipinski definition) is 4. The van der Waals surface area contributed by atoms with Gasteiger partial charge < -0.3 is 14.6 Å². The summed E-state index contributed by atoms with van der Waals surface area (Å²) in [6.45, 7) is 3.56. The number of aromatic nitrogens is 1. The molecule has 134 valence electrons. The number of benzene rings is 1. The lowest BCUT2D eigenvalue weighted by atomic mass is 10.3. The quantitative estimate of drug-likeness (QED) is 0.649. The monoisotopic (exact) mass is 388 g/mol. The molecule has 0 aliphatic heterocycles. The van der Waals surface area contributed by atoms with Crippen LogP contribution in [0.2, 0.25) is 5.02 Å². The Morgan fingerprint density at radius 2 is 1.81 bits per heavy atom. The number of rotatable bonds is 5. The Morgan fingerprint density at radius 1 is 1.12 bits per heavy atom. The molecule has 0 atom stereocenters. The standard InChI is InChI=1S/C19H17ClN2O3S/c1-12-7-8-13(2)22(12)18-14(9-10-26-18)19(24)25-11-17(23)21-16-6-4-3-5-15(16)20/h3-10H,11H2,1-2H3,(H,21,23). The van der Waals surface area contributed by atoms with Gasteiger partial charge in [0, 0.05) is 11.4 Å². The molecule has 3 rings (SSSR count). The maximum Gasteiger partial charge on any atom is 0.341 e. The van der Waals surface area contributed by atoms with E-state index in [2.05, 4.69) is 5.32 Å². The molecule has 2 aromatic heterocycles. The third-order valence-corrected chi connectivity index (χ3v) is 5.05. The molecule has 1 N–H and O–H groups in total. The number of para-hydroxylation sites is 1. The van der Waals surface area contributed by atoms with Crippen LogP contribution in [-0.2, 0) is 9.53 Å². The second-order valence-corrected chi connectivity index (χ2v) is 7.00. The molecule has 0 aliphatic rings. The van der Waals surface area contributed by atoms with E-state index in [-0.39, 0.29) is 6.61 Å². The molecule has 5 nitrogen and oxygen atoms in total. The first kappa shape index (κ1) is 18.2. The summed E-state index contributed by atoms with van der Waals surface area (Å²) in [4.78, 5) is 24.4. The minimum absolute atomic E-state index is 0.386. The molecule has 0 radical (unpaired) electrons. The van der Waals surface area contributed by atoms with Gasteiger partial charge in [0.2, 0.25) is 0 Å². The van der Waals surface area contributed by atoms with Crippen molar-refractivity contribution >= 4 is 40.5 Å². The lowest BCUT2D eigenvalue weighted by Gasteiger charge is -2.10. The van der Waals surface area contributed by atoms with Gasteiger partial charge in [0.15, 0.2) is 6.61 Å². The van der Waals surface area contributed by atoms with E-state index in [1.165, 1.54) is 11.3 Å². The molecular weight excluding hydrogens is 372 g/mol. The first-order chi connectivity index (χ1) is 12.5. The van der Waals surface area contributed by atoms with Gasteiger partial charge in [-0.05, 0) is 49.6 Å². The molecule has 0 spiro atoms. The number of anilines is 1. The van der Waals surface area contributed by atoms with Crippen LogP contribution in [0.3, 0.4) is 0 Å². The lowest BCUT2D eigenvalue weighted by Crippen LogP contribution is -2.21. The van der Waals surface area contributed by atoms with Crippen LogP contribution < -0.4 is 5.32 Å². The Labute approximate surface area is 160 Å². The third kappa shape index (κ3) is 3.81. The van der Waals surface area contributed by atoms with Gasteiger partial charge in [-0.15, -0.1) is 11.3 Å². The molecule has 0 aliphatic carbocycles. The van der Waals surface area contributed by atoms with Crippen LogP contribution in [0.5, 0.6) is 0 Å². The fraction of sp³-hybridized carbons (Fsp3) is 0.158. The molecule has 1 aromatic carbocycles. The van der Waals surface area contributed by atoms with E-state index in [0.29, 0.717) is 16.3 Å². The van der Waals surface area contributed by atoms with E-state index in [4.69, 9.17) is 16.3 Å². The molecule has 0 fully saturated rings. The number of hydrogen-bond donors (Lipinski definition) is 1. The molecule has 0 saturated carbocycles. The van der Waals surface area contributed by atoms with Gasteiger partial charge in [-0.3, -0.25) is 4.79 Å². The number of halogens is 1. The molecule has 0 unspecified atom stereocenters. The smallest absolute Gasteiger partial charge is 0.341 e. The summed E-state index contributed by atoms with van der Waals surface area (Å²) in [6.07, 6.45) is 0. The second kappa shape index (κ2) is 7.76. The van der Waals surface area contributed by atoms with Gasteiger partial charge in [-0.2, -0.15) is 0 Å². The summed E-state index contributed by atoms with van der Waals surface area (Å²) in [7, 11) is 0. The predicted molar refractivity (Wildman–Crippen MR) is 103 cm³/mol. The number of aryl methyl sites for hydroxylation is 2. The average molecular weight is 389 g/mol. The van der Waals surface area contributed by atoms with Crippen LogP contribution in [0.15, 0.2) is 47.8 Å². The van der Waals surface area contributed by atoms with Gasteiger partial charge in [0.05, 0.1) is 16.3 Å². The normalized spacial score (nSPS) is 10.6. The fourth-order valence-electron chi connectivity index (χ4n) is 2.58. The zero-order valence-corrected chi connectivity index (χ0v) is 15.9. The van der Waals surface area contributed by atoms with Crippen molar-refractivity contribution in [1.29, 1.82) is 0 Å². The van der Waals surface area contributed by atoms with Gasteiger partial charge >= 0.3 is 5.97 Å². The molecule has 26 heavy (non-hydrogen) atoms. The molecule has 1 amide bonds. The maximum absolute atomic E-state index is 12.4. The Kier molecular flexibility index (Phi) is 5.44. The minimum Gasteiger partial charge on any atom is -0.452 e. The molecule has 3 aromatic rings. The number of carbonyl (C=O) groups excluding carboxylic acids is 2. The third-order valence-electron chi connectivity index (χ3n) is 3.82. The Bertz CT molecular complexity index is 942. The van der Waals surface area contributed by atoms with Crippen LogP contribution in [-0.4, -0.2) is 23.1 Å². The van der Waals surface area contributed by atoms with Crippen LogP contribution >= 0.6 is 22.9 Å². The van der Waals surface area contributed by atoms with Crippen molar-refractivity contribution in [2.45, 2.75) is 13.8 Å². The van der Waals surface area contributed by atoms with Crippen LogP contribution in [0.1, 0.15) is 21.7 Å².